The molecule has 0 amide bonds. The summed E-state index contributed by atoms with van der Waals surface area (Å²) >= 11 is 0. The molecule has 0 aliphatic rings. The molecule has 5 nitrogen and oxygen atoms in total. The van der Waals surface area contributed by atoms with E-state index in [0.717, 1.165) is 55.4 Å². The summed E-state index contributed by atoms with van der Waals surface area (Å²) in [7, 11) is 22.0. The summed E-state index contributed by atoms with van der Waals surface area (Å²) < 4.78 is 9.27. The van der Waals surface area contributed by atoms with Gasteiger partial charge in [-0.05, 0) is 53.6 Å². The van der Waals surface area contributed by atoms with Crippen LogP contribution in [0.25, 0.3) is 94.7 Å². The Morgan fingerprint density at radius 3 is 1.53 bits per heavy atom. The van der Waals surface area contributed by atoms with E-state index in [0.29, 0.717) is 17.5 Å². The highest BCUT2D eigenvalue weighted by Gasteiger charge is 2.24. The van der Waals surface area contributed by atoms with Crippen molar-refractivity contribution in [3.05, 3.63) is 109 Å². The molecule has 0 bridgehead atoms. The molecule has 3 heterocycles. The molecule has 10 aromatic rings. The Bertz CT molecular complexity index is 3310. The predicted octanol–water partition coefficient (Wildman–Crippen LogP) is -5.88. The van der Waals surface area contributed by atoms with Crippen molar-refractivity contribution < 1.29 is 4.42 Å². The van der Waals surface area contributed by atoms with Crippen molar-refractivity contribution in [1.29, 1.82) is 0 Å². The number of rotatable bonds is 5. The Morgan fingerprint density at radius 2 is 0.900 bits per heavy atom. The maximum absolute atomic E-state index is 6.91. The van der Waals surface area contributed by atoms with Gasteiger partial charge in [0.15, 0.2) is 17.5 Å². The van der Waals surface area contributed by atoms with Crippen LogP contribution in [0, 0.1) is 0 Å². The largest absolute Gasteiger partial charge is 0.455 e. The molecule has 3 aromatic heterocycles. The molecule has 0 aliphatic carbocycles. The molecule has 7 aromatic carbocycles. The van der Waals surface area contributed by atoms with Crippen molar-refractivity contribution in [2.45, 2.75) is 0 Å². The van der Waals surface area contributed by atoms with E-state index < -0.39 is 0 Å². The second-order valence-corrected chi connectivity index (χ2v) is 16.7. The first-order chi connectivity index (χ1) is 28.9. The van der Waals surface area contributed by atoms with E-state index >= 15 is 0 Å². The number of aromatic nitrogens is 4. The number of hydrogen-bond acceptors (Lipinski definition) is 4. The molecule has 0 saturated carbocycles. The van der Waals surface area contributed by atoms with Crippen LogP contribution in [-0.4, -0.2) is 98.0 Å². The number of para-hydroxylation sites is 3. The van der Waals surface area contributed by atoms with Gasteiger partial charge in [0, 0.05) is 38.4 Å². The quantitative estimate of drug-likeness (QED) is 0.165. The van der Waals surface area contributed by atoms with Crippen molar-refractivity contribution in [2.24, 2.45) is 0 Å². The van der Waals surface area contributed by atoms with E-state index in [1.165, 1.54) is 76.4 Å². The monoisotopic (exact) mass is 760 g/mol. The van der Waals surface area contributed by atoms with Crippen LogP contribution in [0.15, 0.2) is 114 Å². The molecule has 15 heteroatoms. The lowest BCUT2D eigenvalue weighted by atomic mass is 9.60. The first-order valence-corrected chi connectivity index (χ1v) is 20.9. The molecule has 0 radical (unpaired) electrons. The molecule has 0 aliphatic heterocycles. The summed E-state index contributed by atoms with van der Waals surface area (Å²) in [5, 5.41) is 4.53. The molecular weight excluding hydrogens is 721 g/mol. The van der Waals surface area contributed by atoms with Gasteiger partial charge in [-0.15, -0.1) is 32.8 Å². The molecular formula is C45H38B10N4O. The van der Waals surface area contributed by atoms with Crippen molar-refractivity contribution in [2.75, 3.05) is 0 Å². The van der Waals surface area contributed by atoms with Crippen LogP contribution in [0.3, 0.4) is 0 Å². The SMILES string of the molecule is Bc1c(B)c(B)c(-c2nc(-c3c(B)c(B)c(B)c(B)c3B)nc(-c3cccc4c3oc3cccc(-c5ccc6c(c5)c5ccccc5n6-c5ccccc5)c34)n2)c(B)c1B. The number of furan rings is 1. The lowest BCUT2D eigenvalue weighted by Gasteiger charge is -2.22. The van der Waals surface area contributed by atoms with Crippen LogP contribution in [0.5, 0.6) is 0 Å². The summed E-state index contributed by atoms with van der Waals surface area (Å²) in [6.07, 6.45) is 0. The zero-order valence-electron chi connectivity index (χ0n) is 36.1. The van der Waals surface area contributed by atoms with Crippen molar-refractivity contribution >= 4 is 177 Å². The Balaban J connectivity index is 1.22. The second-order valence-electron chi connectivity index (χ2n) is 16.7. The Kier molecular flexibility index (Phi) is 9.02. The summed E-state index contributed by atoms with van der Waals surface area (Å²) in [6, 6.07) is 38.9. The summed E-state index contributed by atoms with van der Waals surface area (Å²) in [5.74, 6) is 1.96. The highest BCUT2D eigenvalue weighted by Crippen LogP contribution is 2.42. The van der Waals surface area contributed by atoms with Crippen molar-refractivity contribution in [3.63, 3.8) is 0 Å². The molecule has 0 spiro atoms. The summed E-state index contributed by atoms with van der Waals surface area (Å²) in [6.45, 7) is 0. The number of fused-ring (bicyclic) bond motifs is 6. The minimum atomic E-state index is 0.598. The van der Waals surface area contributed by atoms with E-state index in [9.17, 15) is 0 Å². The van der Waals surface area contributed by atoms with Gasteiger partial charge in [0.05, 0.1) is 16.6 Å². The molecule has 274 valence electrons. The standard InChI is InChI=1S/C45H38B10N4O/c46-32-30(33(47)37(51)40(54)36(32)50)44-56-43(57-45(58-44)31-34(48)38(52)41(55)39(53)35(31)49)24-13-6-12-23-29-21(11-7-15-28(29)60-42(23)24)19-16-17-27-25(18-19)22-10-4-5-14-26(22)59(27)20-8-2-1-3-9-20/h1-18H,46-55H2. The third kappa shape index (κ3) is 5.65. The molecule has 60 heavy (non-hydrogen) atoms. The van der Waals surface area contributed by atoms with Crippen molar-refractivity contribution in [3.8, 4) is 51.0 Å². The van der Waals surface area contributed by atoms with Crippen LogP contribution in [0.4, 0.5) is 0 Å². The minimum Gasteiger partial charge on any atom is -0.455 e. The van der Waals surface area contributed by atoms with Gasteiger partial charge in [-0.25, -0.2) is 15.0 Å². The average molecular weight is 759 g/mol. The third-order valence-electron chi connectivity index (χ3n) is 13.8. The number of nitrogens with zero attached hydrogens (tertiary/aromatic N) is 4. The average Bonchev–Trinajstić information content (AvgIpc) is 3.82. The van der Waals surface area contributed by atoms with Crippen LogP contribution < -0.4 is 54.6 Å². The molecule has 0 saturated heterocycles. The van der Waals surface area contributed by atoms with Crippen LogP contribution in [-0.2, 0) is 0 Å². The van der Waals surface area contributed by atoms with E-state index in [4.69, 9.17) is 19.4 Å². The number of benzene rings is 7. The van der Waals surface area contributed by atoms with Gasteiger partial charge in [0.2, 0.25) is 0 Å². The van der Waals surface area contributed by atoms with Crippen LogP contribution >= 0.6 is 0 Å². The smallest absolute Gasteiger partial charge is 0.167 e. The van der Waals surface area contributed by atoms with Gasteiger partial charge >= 0.3 is 0 Å². The van der Waals surface area contributed by atoms with Crippen LogP contribution in [0.1, 0.15) is 0 Å². The highest BCUT2D eigenvalue weighted by atomic mass is 16.3. The Labute approximate surface area is 359 Å². The minimum absolute atomic E-state index is 0.598. The Morgan fingerprint density at radius 1 is 0.400 bits per heavy atom. The van der Waals surface area contributed by atoms with Crippen LogP contribution in [0.2, 0.25) is 0 Å². The van der Waals surface area contributed by atoms with E-state index in [2.05, 4.69) is 192 Å². The molecule has 0 N–H and O–H groups in total. The summed E-state index contributed by atoms with van der Waals surface area (Å²) in [4.78, 5) is 16.1. The first-order valence-electron chi connectivity index (χ1n) is 20.9. The van der Waals surface area contributed by atoms with E-state index in [-0.39, 0.29) is 0 Å². The molecule has 0 atom stereocenters. The fourth-order valence-electron chi connectivity index (χ4n) is 9.65. The first kappa shape index (κ1) is 38.0. The fraction of sp³-hybridized carbons (Fsp3) is 0. The highest BCUT2D eigenvalue weighted by molar-refractivity contribution is 6.70. The van der Waals surface area contributed by atoms with Gasteiger partial charge in [0.1, 0.15) is 89.6 Å². The second kappa shape index (κ2) is 14.2. The van der Waals surface area contributed by atoms with Gasteiger partial charge in [-0.2, -0.15) is 0 Å². The number of hydrogen-bond donors (Lipinski definition) is 0. The zero-order valence-corrected chi connectivity index (χ0v) is 36.1. The molecule has 0 fully saturated rings. The van der Waals surface area contributed by atoms with E-state index in [1.54, 1.807) is 0 Å². The lowest BCUT2D eigenvalue weighted by Crippen LogP contribution is -2.55. The van der Waals surface area contributed by atoms with E-state index in [1.807, 2.05) is 0 Å². The maximum Gasteiger partial charge on any atom is 0.167 e. The molecule has 10 rings (SSSR count). The molecule has 0 unspecified atom stereocenters. The lowest BCUT2D eigenvalue weighted by molar-refractivity contribution is 0.669. The van der Waals surface area contributed by atoms with Gasteiger partial charge in [-0.3, -0.25) is 0 Å². The van der Waals surface area contributed by atoms with Gasteiger partial charge in [-0.1, -0.05) is 88.6 Å². The van der Waals surface area contributed by atoms with Gasteiger partial charge < -0.3 is 8.98 Å². The zero-order chi connectivity index (χ0) is 41.7. The summed E-state index contributed by atoms with van der Waals surface area (Å²) in [5.41, 5.74) is 22.8. The Hall–Kier alpha value is -6.20. The predicted molar refractivity (Wildman–Crippen MR) is 285 cm³/mol. The van der Waals surface area contributed by atoms with Gasteiger partial charge in [0.25, 0.3) is 0 Å². The fourth-order valence-corrected chi connectivity index (χ4v) is 9.65. The normalized spacial score (nSPS) is 11.7. The maximum atomic E-state index is 6.91. The third-order valence-corrected chi connectivity index (χ3v) is 13.8. The van der Waals surface area contributed by atoms with Crippen molar-refractivity contribution in [1.82, 2.24) is 19.5 Å². The topological polar surface area (TPSA) is 56.7 Å².